The van der Waals surface area contributed by atoms with Gasteiger partial charge < -0.3 is 4.74 Å². The summed E-state index contributed by atoms with van der Waals surface area (Å²) in [6.45, 7) is 2.08. The van der Waals surface area contributed by atoms with Gasteiger partial charge in [0.2, 0.25) is 0 Å². The van der Waals surface area contributed by atoms with Gasteiger partial charge in [0, 0.05) is 22.2 Å². The largest absolute Gasteiger partial charge is 0.464 e. The molecule has 28 heavy (non-hydrogen) atoms. The highest BCUT2D eigenvalue weighted by molar-refractivity contribution is 6.31. The molecule has 3 aromatic rings. The van der Waals surface area contributed by atoms with Crippen molar-refractivity contribution in [3.8, 4) is 11.1 Å². The molecule has 3 rings (SSSR count). The number of fused-ring (bicyclic) bond motifs is 1. The number of carbonyl (C=O) groups excluding carboxylic acids is 1. The van der Waals surface area contributed by atoms with Gasteiger partial charge >= 0.3 is 5.97 Å². The third kappa shape index (κ3) is 3.85. The normalized spacial score (nSPS) is 11.2. The summed E-state index contributed by atoms with van der Waals surface area (Å²) in [4.78, 5) is 25.8. The van der Waals surface area contributed by atoms with Crippen LogP contribution in [0.15, 0.2) is 58.4 Å². The Morgan fingerprint density at radius 1 is 1.18 bits per heavy atom. The summed E-state index contributed by atoms with van der Waals surface area (Å²) in [6, 6.07) is 14.4. The molecule has 0 spiro atoms. The van der Waals surface area contributed by atoms with Gasteiger partial charge in [-0.05, 0) is 42.0 Å². The highest BCUT2D eigenvalue weighted by atomic mass is 35.5. The number of benzene rings is 2. The van der Waals surface area contributed by atoms with E-state index < -0.39 is 5.97 Å². The second-order valence-electron chi connectivity index (χ2n) is 6.33. The number of pyridine rings is 1. The molecule has 0 saturated heterocycles. The van der Waals surface area contributed by atoms with Gasteiger partial charge in [-0.25, -0.2) is 4.79 Å². The molecular formula is C22H21ClN2O3. The van der Waals surface area contributed by atoms with Crippen LogP contribution in [0.4, 0.5) is 0 Å². The van der Waals surface area contributed by atoms with Gasteiger partial charge in [0.25, 0.3) is 5.56 Å². The molecule has 0 aliphatic heterocycles. The molecule has 0 fully saturated rings. The number of carbonyl (C=O) groups is 1. The lowest BCUT2D eigenvalue weighted by Crippen LogP contribution is -2.25. The lowest BCUT2D eigenvalue weighted by atomic mass is 9.97. The molecule has 1 aromatic heterocycles. The highest BCUT2D eigenvalue weighted by Crippen LogP contribution is 2.32. The van der Waals surface area contributed by atoms with Crippen molar-refractivity contribution in [2.24, 2.45) is 5.10 Å². The number of nitrogens with zero attached hydrogens (tertiary/aromatic N) is 2. The van der Waals surface area contributed by atoms with Crippen LogP contribution in [0.5, 0.6) is 0 Å². The van der Waals surface area contributed by atoms with Crippen molar-refractivity contribution < 1.29 is 9.53 Å². The van der Waals surface area contributed by atoms with E-state index in [0.29, 0.717) is 27.8 Å². The zero-order chi connectivity index (χ0) is 20.1. The number of esters is 1. The molecule has 0 unspecified atom stereocenters. The van der Waals surface area contributed by atoms with Crippen molar-refractivity contribution in [3.63, 3.8) is 0 Å². The topological polar surface area (TPSA) is 60.7 Å². The van der Waals surface area contributed by atoms with Crippen molar-refractivity contribution in [3.05, 3.63) is 69.6 Å². The maximum absolute atomic E-state index is 13.1. The number of hydrogen-bond acceptors (Lipinski definition) is 4. The van der Waals surface area contributed by atoms with Gasteiger partial charge in [-0.3, -0.25) is 4.79 Å². The zero-order valence-corrected chi connectivity index (χ0v) is 16.6. The first-order chi connectivity index (χ1) is 13.6. The molecule has 0 atom stereocenters. The smallest absolute Gasteiger partial charge is 0.357 e. The third-order valence-electron chi connectivity index (χ3n) is 4.45. The fraction of sp³-hybridized carbons (Fsp3) is 0.227. The van der Waals surface area contributed by atoms with Gasteiger partial charge in [-0.2, -0.15) is 9.78 Å². The molecule has 0 bridgehead atoms. The van der Waals surface area contributed by atoms with Crippen molar-refractivity contribution >= 4 is 34.6 Å². The molecule has 0 aliphatic rings. The van der Waals surface area contributed by atoms with E-state index in [2.05, 4.69) is 12.0 Å². The van der Waals surface area contributed by atoms with Crippen LogP contribution in [0.25, 0.3) is 21.9 Å². The lowest BCUT2D eigenvalue weighted by Gasteiger charge is -2.16. The number of hydrogen-bond donors (Lipinski definition) is 0. The molecule has 0 radical (unpaired) electrons. The predicted octanol–water partition coefficient (Wildman–Crippen LogP) is 5.13. The van der Waals surface area contributed by atoms with Crippen LogP contribution in [0.2, 0.25) is 5.02 Å². The van der Waals surface area contributed by atoms with Crippen molar-refractivity contribution in [1.82, 2.24) is 4.68 Å². The van der Waals surface area contributed by atoms with Crippen LogP contribution in [-0.4, -0.2) is 24.0 Å². The molecule has 0 N–H and O–H groups in total. The standard InChI is InChI=1S/C22H21ClN2O3/c1-3-4-8-13-24-25-20(22(27)28-2)19(15-9-6-5-7-10-15)18-14-16(23)11-12-17(18)21(25)26/h5-7,9-14H,3-4,8H2,1-2H3/b24-13+. The number of unbranched alkanes of at least 4 members (excludes halogenated alkanes) is 2. The average molecular weight is 397 g/mol. The summed E-state index contributed by atoms with van der Waals surface area (Å²) >= 11 is 6.20. The quantitative estimate of drug-likeness (QED) is 0.329. The summed E-state index contributed by atoms with van der Waals surface area (Å²) in [5, 5.41) is 5.81. The molecule has 6 heteroatoms. The van der Waals surface area contributed by atoms with E-state index in [-0.39, 0.29) is 11.3 Å². The Bertz CT molecular complexity index is 1090. The van der Waals surface area contributed by atoms with Gasteiger partial charge in [0.05, 0.1) is 7.11 Å². The Labute approximate surface area is 168 Å². The SMILES string of the molecule is CCCC/C=N/n1c(C(=O)OC)c(-c2ccccc2)c2cc(Cl)ccc2c1=O. The summed E-state index contributed by atoms with van der Waals surface area (Å²) in [5.41, 5.74) is 1.03. The van der Waals surface area contributed by atoms with Crippen molar-refractivity contribution in [1.29, 1.82) is 0 Å². The minimum absolute atomic E-state index is 0.0845. The lowest BCUT2D eigenvalue weighted by molar-refractivity contribution is 0.0589. The Balaban J connectivity index is 2.43. The molecule has 0 amide bonds. The Morgan fingerprint density at radius 3 is 2.61 bits per heavy atom. The fourth-order valence-corrected chi connectivity index (χ4v) is 3.26. The van der Waals surface area contributed by atoms with Crippen LogP contribution >= 0.6 is 11.6 Å². The first-order valence-electron chi connectivity index (χ1n) is 9.13. The minimum Gasteiger partial charge on any atom is -0.464 e. The number of methoxy groups -OCH3 is 1. The Hall–Kier alpha value is -2.92. The van der Waals surface area contributed by atoms with Gasteiger partial charge in [0.1, 0.15) is 0 Å². The number of aromatic nitrogens is 1. The molecule has 0 aliphatic carbocycles. The van der Waals surface area contributed by atoms with E-state index in [4.69, 9.17) is 16.3 Å². The molecule has 1 heterocycles. The summed E-state index contributed by atoms with van der Waals surface area (Å²) in [6.07, 6.45) is 4.33. The van der Waals surface area contributed by atoms with Gasteiger partial charge in [-0.1, -0.05) is 55.3 Å². The number of rotatable bonds is 6. The van der Waals surface area contributed by atoms with E-state index in [1.807, 2.05) is 30.3 Å². The summed E-state index contributed by atoms with van der Waals surface area (Å²) in [5.74, 6) is -0.634. The first-order valence-corrected chi connectivity index (χ1v) is 9.51. The number of halogens is 1. The van der Waals surface area contributed by atoms with Crippen LogP contribution in [0.3, 0.4) is 0 Å². The third-order valence-corrected chi connectivity index (χ3v) is 4.68. The van der Waals surface area contributed by atoms with E-state index in [1.54, 1.807) is 24.4 Å². The van der Waals surface area contributed by atoms with E-state index in [9.17, 15) is 9.59 Å². The van der Waals surface area contributed by atoms with E-state index in [0.717, 1.165) is 23.1 Å². The van der Waals surface area contributed by atoms with Crippen LogP contribution in [0.1, 0.15) is 36.7 Å². The fourth-order valence-electron chi connectivity index (χ4n) is 3.09. The molecular weight excluding hydrogens is 376 g/mol. The monoisotopic (exact) mass is 396 g/mol. The molecule has 2 aromatic carbocycles. The second-order valence-corrected chi connectivity index (χ2v) is 6.76. The van der Waals surface area contributed by atoms with E-state index >= 15 is 0 Å². The van der Waals surface area contributed by atoms with Crippen LogP contribution < -0.4 is 5.56 Å². The molecule has 0 saturated carbocycles. The molecule has 5 nitrogen and oxygen atoms in total. The number of ether oxygens (including phenoxy) is 1. The van der Waals surface area contributed by atoms with Crippen LogP contribution in [-0.2, 0) is 4.74 Å². The first kappa shape index (κ1) is 19.8. The summed E-state index contributed by atoms with van der Waals surface area (Å²) < 4.78 is 6.13. The van der Waals surface area contributed by atoms with Crippen molar-refractivity contribution in [2.75, 3.05) is 7.11 Å². The Kier molecular flexibility index (Phi) is 6.26. The minimum atomic E-state index is -0.634. The maximum Gasteiger partial charge on any atom is 0.357 e. The zero-order valence-electron chi connectivity index (χ0n) is 15.8. The van der Waals surface area contributed by atoms with E-state index in [1.165, 1.54) is 7.11 Å². The van der Waals surface area contributed by atoms with Crippen molar-refractivity contribution in [2.45, 2.75) is 26.2 Å². The maximum atomic E-state index is 13.1. The Morgan fingerprint density at radius 2 is 1.93 bits per heavy atom. The molecule has 144 valence electrons. The summed E-state index contributed by atoms with van der Waals surface area (Å²) in [7, 11) is 1.29. The highest BCUT2D eigenvalue weighted by Gasteiger charge is 2.24. The second kappa shape index (κ2) is 8.85. The van der Waals surface area contributed by atoms with Gasteiger partial charge in [-0.15, -0.1) is 0 Å². The average Bonchev–Trinajstić information content (AvgIpc) is 2.72. The van der Waals surface area contributed by atoms with Crippen LogP contribution in [0, 0.1) is 0 Å². The van der Waals surface area contributed by atoms with Gasteiger partial charge in [0.15, 0.2) is 5.69 Å². The predicted molar refractivity (Wildman–Crippen MR) is 113 cm³/mol.